The Bertz CT molecular complexity index is 970. The Morgan fingerprint density at radius 3 is 2.37 bits per heavy atom. The van der Waals surface area contributed by atoms with Gasteiger partial charge in [0.2, 0.25) is 0 Å². The summed E-state index contributed by atoms with van der Waals surface area (Å²) in [6, 6.07) is 19.2. The molecule has 134 valence electrons. The number of hydrogen-bond acceptors (Lipinski definition) is 5. The van der Waals surface area contributed by atoms with Crippen LogP contribution in [0.4, 0.5) is 0 Å². The molecule has 0 aliphatic carbocycles. The van der Waals surface area contributed by atoms with Gasteiger partial charge >= 0.3 is 0 Å². The third-order valence-corrected chi connectivity index (χ3v) is 3.75. The fourth-order valence-electron chi connectivity index (χ4n) is 2.35. The number of nitrogens with zero attached hydrogens (tertiary/aromatic N) is 2. The van der Waals surface area contributed by atoms with Crippen LogP contribution in [0, 0.1) is 0 Å². The number of amides is 2. The van der Waals surface area contributed by atoms with Gasteiger partial charge in [-0.2, -0.15) is 5.10 Å². The normalized spacial score (nSPS) is 10.6. The lowest BCUT2D eigenvalue weighted by Gasteiger charge is -2.04. The van der Waals surface area contributed by atoms with Crippen molar-refractivity contribution >= 4 is 18.0 Å². The SMILES string of the molecule is O=C(NO)c1ccc(C=NNC(=O)c2ccnc(-c3ccccc3)c2)cc1. The summed E-state index contributed by atoms with van der Waals surface area (Å²) in [6.45, 7) is 0. The van der Waals surface area contributed by atoms with Crippen LogP contribution in [-0.2, 0) is 0 Å². The van der Waals surface area contributed by atoms with Gasteiger partial charge in [0.05, 0.1) is 11.9 Å². The summed E-state index contributed by atoms with van der Waals surface area (Å²) in [5, 5.41) is 12.5. The second-order valence-corrected chi connectivity index (χ2v) is 5.56. The fourth-order valence-corrected chi connectivity index (χ4v) is 2.35. The van der Waals surface area contributed by atoms with E-state index in [-0.39, 0.29) is 5.91 Å². The average Bonchev–Trinajstić information content (AvgIpc) is 2.74. The predicted octanol–water partition coefficient (Wildman–Crippen LogP) is 2.63. The summed E-state index contributed by atoms with van der Waals surface area (Å²) < 4.78 is 0. The first-order chi connectivity index (χ1) is 13.2. The lowest BCUT2D eigenvalue weighted by molar-refractivity contribution is 0.0706. The minimum atomic E-state index is -0.598. The van der Waals surface area contributed by atoms with Crippen molar-refractivity contribution in [2.24, 2.45) is 5.10 Å². The maximum atomic E-state index is 12.3. The van der Waals surface area contributed by atoms with Gasteiger partial charge < -0.3 is 0 Å². The minimum Gasteiger partial charge on any atom is -0.288 e. The van der Waals surface area contributed by atoms with Crippen LogP contribution in [0.2, 0.25) is 0 Å². The average molecular weight is 360 g/mol. The number of carbonyl (C=O) groups excluding carboxylic acids is 2. The van der Waals surface area contributed by atoms with E-state index in [4.69, 9.17) is 5.21 Å². The number of carbonyl (C=O) groups is 2. The molecule has 1 heterocycles. The Hall–Kier alpha value is -3.84. The number of benzene rings is 2. The first-order valence-corrected chi connectivity index (χ1v) is 8.07. The van der Waals surface area contributed by atoms with E-state index in [1.54, 1.807) is 35.9 Å². The molecule has 3 aromatic rings. The van der Waals surface area contributed by atoms with Crippen LogP contribution in [-0.4, -0.2) is 28.2 Å². The molecule has 27 heavy (non-hydrogen) atoms. The van der Waals surface area contributed by atoms with Crippen molar-refractivity contribution < 1.29 is 14.8 Å². The smallest absolute Gasteiger partial charge is 0.274 e. The van der Waals surface area contributed by atoms with Crippen molar-refractivity contribution in [3.63, 3.8) is 0 Å². The molecular formula is C20H16N4O3. The second kappa shape index (κ2) is 8.50. The van der Waals surface area contributed by atoms with Gasteiger partial charge in [-0.1, -0.05) is 42.5 Å². The number of hydrazone groups is 1. The molecule has 0 saturated heterocycles. The summed E-state index contributed by atoms with van der Waals surface area (Å²) in [7, 11) is 0. The Kier molecular flexibility index (Phi) is 5.66. The van der Waals surface area contributed by atoms with Crippen LogP contribution in [0.25, 0.3) is 11.3 Å². The molecule has 0 fully saturated rings. The molecule has 3 N–H and O–H groups in total. The highest BCUT2D eigenvalue weighted by Gasteiger charge is 2.07. The minimum absolute atomic E-state index is 0.309. The predicted molar refractivity (Wildman–Crippen MR) is 100 cm³/mol. The quantitative estimate of drug-likeness (QED) is 0.370. The number of hydroxylamine groups is 1. The fraction of sp³-hybridized carbons (Fsp3) is 0. The molecule has 3 rings (SSSR count). The standard InChI is InChI=1S/C20H16N4O3/c25-19(17-10-11-21-18(12-17)15-4-2-1-3-5-15)23-22-13-14-6-8-16(9-7-14)20(26)24-27/h1-13,27H,(H,23,25)(H,24,26). The second-order valence-electron chi connectivity index (χ2n) is 5.56. The Morgan fingerprint density at radius 2 is 1.67 bits per heavy atom. The van der Waals surface area contributed by atoms with Gasteiger partial charge in [0, 0.05) is 22.9 Å². The zero-order valence-electron chi connectivity index (χ0n) is 14.2. The summed E-state index contributed by atoms with van der Waals surface area (Å²) in [6.07, 6.45) is 3.03. The van der Waals surface area contributed by atoms with Crippen molar-refractivity contribution in [1.82, 2.24) is 15.9 Å². The van der Waals surface area contributed by atoms with E-state index >= 15 is 0 Å². The topological polar surface area (TPSA) is 104 Å². The molecule has 0 radical (unpaired) electrons. The zero-order valence-corrected chi connectivity index (χ0v) is 14.2. The zero-order chi connectivity index (χ0) is 19.1. The molecule has 0 aliphatic rings. The van der Waals surface area contributed by atoms with E-state index < -0.39 is 5.91 Å². The molecule has 0 bridgehead atoms. The number of aromatic nitrogens is 1. The molecule has 0 unspecified atom stereocenters. The summed E-state index contributed by atoms with van der Waals surface area (Å²) in [4.78, 5) is 27.8. The van der Waals surface area contributed by atoms with Gasteiger partial charge in [0.15, 0.2) is 0 Å². The van der Waals surface area contributed by atoms with Crippen LogP contribution < -0.4 is 10.9 Å². The maximum absolute atomic E-state index is 12.3. The van der Waals surface area contributed by atoms with E-state index in [0.717, 1.165) is 5.56 Å². The van der Waals surface area contributed by atoms with E-state index in [9.17, 15) is 9.59 Å². The van der Waals surface area contributed by atoms with E-state index in [1.165, 1.54) is 18.3 Å². The van der Waals surface area contributed by atoms with E-state index in [0.29, 0.717) is 22.4 Å². The highest BCUT2D eigenvalue weighted by molar-refractivity contribution is 5.96. The monoisotopic (exact) mass is 360 g/mol. The first-order valence-electron chi connectivity index (χ1n) is 8.07. The van der Waals surface area contributed by atoms with Gasteiger partial charge in [0.1, 0.15) is 0 Å². The molecule has 7 nitrogen and oxygen atoms in total. The van der Waals surface area contributed by atoms with E-state index in [2.05, 4.69) is 15.5 Å². The number of pyridine rings is 1. The Balaban J connectivity index is 1.66. The molecule has 2 aromatic carbocycles. The van der Waals surface area contributed by atoms with Crippen molar-refractivity contribution in [3.8, 4) is 11.3 Å². The van der Waals surface area contributed by atoms with Crippen molar-refractivity contribution in [2.75, 3.05) is 0 Å². The lowest BCUT2D eigenvalue weighted by Crippen LogP contribution is -2.18. The third kappa shape index (κ3) is 4.62. The van der Waals surface area contributed by atoms with Gasteiger partial charge in [-0.25, -0.2) is 10.9 Å². The summed E-state index contributed by atoms with van der Waals surface area (Å²) >= 11 is 0. The largest absolute Gasteiger partial charge is 0.288 e. The van der Waals surface area contributed by atoms with Gasteiger partial charge in [-0.15, -0.1) is 0 Å². The highest BCUT2D eigenvalue weighted by Crippen LogP contribution is 2.17. The Morgan fingerprint density at radius 1 is 0.926 bits per heavy atom. The van der Waals surface area contributed by atoms with Crippen LogP contribution in [0.5, 0.6) is 0 Å². The van der Waals surface area contributed by atoms with Crippen LogP contribution in [0.15, 0.2) is 78.0 Å². The molecule has 1 aromatic heterocycles. The van der Waals surface area contributed by atoms with Crippen LogP contribution in [0.3, 0.4) is 0 Å². The molecule has 7 heteroatoms. The third-order valence-electron chi connectivity index (χ3n) is 3.75. The number of nitrogens with one attached hydrogen (secondary N) is 2. The summed E-state index contributed by atoms with van der Waals surface area (Å²) in [5.41, 5.74) is 7.07. The van der Waals surface area contributed by atoms with Gasteiger partial charge in [-0.3, -0.25) is 19.8 Å². The van der Waals surface area contributed by atoms with Gasteiger partial charge in [0.25, 0.3) is 11.8 Å². The first kappa shape index (κ1) is 18.0. The van der Waals surface area contributed by atoms with Crippen LogP contribution >= 0.6 is 0 Å². The molecule has 0 atom stereocenters. The van der Waals surface area contributed by atoms with Crippen molar-refractivity contribution in [2.45, 2.75) is 0 Å². The van der Waals surface area contributed by atoms with Gasteiger partial charge in [-0.05, 0) is 29.8 Å². The lowest BCUT2D eigenvalue weighted by atomic mass is 10.1. The molecule has 2 amide bonds. The maximum Gasteiger partial charge on any atom is 0.274 e. The molecule has 0 saturated carbocycles. The van der Waals surface area contributed by atoms with Crippen molar-refractivity contribution in [3.05, 3.63) is 89.6 Å². The number of hydrogen-bond donors (Lipinski definition) is 3. The highest BCUT2D eigenvalue weighted by atomic mass is 16.5. The molecular weight excluding hydrogens is 344 g/mol. The van der Waals surface area contributed by atoms with Crippen LogP contribution in [0.1, 0.15) is 26.3 Å². The summed E-state index contributed by atoms with van der Waals surface area (Å²) in [5.74, 6) is -0.958. The molecule has 0 aliphatic heterocycles. The van der Waals surface area contributed by atoms with E-state index in [1.807, 2.05) is 30.3 Å². The van der Waals surface area contributed by atoms with Crippen molar-refractivity contribution in [1.29, 1.82) is 0 Å². The Labute approximate surface area is 155 Å². The number of rotatable bonds is 5. The molecule has 0 spiro atoms.